The number of hydrogen-bond acceptors (Lipinski definition) is 5. The molecule has 0 aromatic carbocycles. The summed E-state index contributed by atoms with van der Waals surface area (Å²) in [5.41, 5.74) is 0.947. The highest BCUT2D eigenvalue weighted by Gasteiger charge is 2.26. The molecule has 16 heavy (non-hydrogen) atoms. The summed E-state index contributed by atoms with van der Waals surface area (Å²) in [4.78, 5) is 4.23. The molecule has 5 heteroatoms. The molecule has 88 valence electrons. The van der Waals surface area contributed by atoms with E-state index in [-0.39, 0.29) is 6.10 Å². The molecule has 2 heterocycles. The molecular formula is C11H16N2O3. The van der Waals surface area contributed by atoms with Gasteiger partial charge in [-0.25, -0.2) is 4.98 Å². The molecule has 2 fully saturated rings. The third kappa shape index (κ3) is 2.26. The molecule has 3 rings (SSSR count). The van der Waals surface area contributed by atoms with Gasteiger partial charge in [0.25, 0.3) is 0 Å². The van der Waals surface area contributed by atoms with Crippen molar-refractivity contribution in [1.82, 2.24) is 10.3 Å². The Morgan fingerprint density at radius 1 is 1.38 bits per heavy atom. The van der Waals surface area contributed by atoms with Crippen LogP contribution in [0.25, 0.3) is 0 Å². The van der Waals surface area contributed by atoms with E-state index in [1.807, 2.05) is 0 Å². The Bertz CT molecular complexity index is 343. The lowest BCUT2D eigenvalue weighted by molar-refractivity contribution is -0.0980. The number of rotatable bonds is 4. The Kier molecular flexibility index (Phi) is 2.90. The minimum absolute atomic E-state index is 0.0905. The second kappa shape index (κ2) is 4.53. The summed E-state index contributed by atoms with van der Waals surface area (Å²) in [7, 11) is 0. The van der Waals surface area contributed by atoms with Gasteiger partial charge in [-0.1, -0.05) is 0 Å². The van der Waals surface area contributed by atoms with Crippen LogP contribution in [0.1, 0.15) is 30.4 Å². The highest BCUT2D eigenvalue weighted by Crippen LogP contribution is 2.25. The molecule has 1 saturated carbocycles. The summed E-state index contributed by atoms with van der Waals surface area (Å²) in [6.45, 7) is 2.61. The third-order valence-electron chi connectivity index (χ3n) is 2.92. The summed E-state index contributed by atoms with van der Waals surface area (Å²) in [6, 6.07) is 0.674. The van der Waals surface area contributed by atoms with Crippen LogP contribution >= 0.6 is 0 Å². The smallest absolute Gasteiger partial charge is 0.181 e. The first kappa shape index (κ1) is 10.3. The topological polar surface area (TPSA) is 56.5 Å². The summed E-state index contributed by atoms with van der Waals surface area (Å²) in [5.74, 6) is 0.813. The van der Waals surface area contributed by atoms with E-state index in [1.165, 1.54) is 19.2 Å². The Hall–Kier alpha value is -0.910. The maximum atomic E-state index is 5.60. The molecule has 0 bridgehead atoms. The predicted octanol–water partition coefficient (Wildman–Crippen LogP) is 1.01. The van der Waals surface area contributed by atoms with E-state index in [0.29, 0.717) is 25.9 Å². The van der Waals surface area contributed by atoms with E-state index in [2.05, 4.69) is 10.3 Å². The van der Waals surface area contributed by atoms with E-state index >= 15 is 0 Å². The molecule has 1 N–H and O–H groups in total. The highest BCUT2D eigenvalue weighted by atomic mass is 16.6. The van der Waals surface area contributed by atoms with Gasteiger partial charge in [-0.2, -0.15) is 0 Å². The fraction of sp³-hybridized carbons (Fsp3) is 0.727. The van der Waals surface area contributed by atoms with Gasteiger partial charge in [-0.15, -0.1) is 0 Å². The minimum atomic E-state index is -0.0905. The van der Waals surface area contributed by atoms with E-state index in [9.17, 15) is 0 Å². The van der Waals surface area contributed by atoms with Crippen LogP contribution in [0.5, 0.6) is 0 Å². The molecule has 0 radical (unpaired) electrons. The second-order valence-corrected chi connectivity index (χ2v) is 4.25. The van der Waals surface area contributed by atoms with Crippen molar-refractivity contribution in [2.45, 2.75) is 31.5 Å². The van der Waals surface area contributed by atoms with E-state index in [0.717, 1.165) is 18.0 Å². The highest BCUT2D eigenvalue weighted by molar-refractivity contribution is 5.11. The predicted molar refractivity (Wildman–Crippen MR) is 55.9 cm³/mol. The van der Waals surface area contributed by atoms with Crippen molar-refractivity contribution in [3.8, 4) is 0 Å². The van der Waals surface area contributed by atoms with Crippen molar-refractivity contribution in [3.05, 3.63) is 17.8 Å². The molecule has 0 spiro atoms. The first-order valence-electron chi connectivity index (χ1n) is 5.78. The molecule has 1 aromatic heterocycles. The van der Waals surface area contributed by atoms with Gasteiger partial charge in [0.15, 0.2) is 12.2 Å². The minimum Gasteiger partial charge on any atom is -0.445 e. The molecule has 1 atom stereocenters. The SMILES string of the molecule is c1nc(CNC2CC2)c(C2COCCO2)o1. The number of nitrogens with zero attached hydrogens (tertiary/aromatic N) is 1. The van der Waals surface area contributed by atoms with Crippen LogP contribution in [0.3, 0.4) is 0 Å². The zero-order valence-electron chi connectivity index (χ0n) is 9.15. The molecule has 5 nitrogen and oxygen atoms in total. The largest absolute Gasteiger partial charge is 0.445 e. The molecule has 1 aliphatic heterocycles. The van der Waals surface area contributed by atoms with Crippen LogP contribution in [0.2, 0.25) is 0 Å². The van der Waals surface area contributed by atoms with E-state index < -0.39 is 0 Å². The molecule has 2 aliphatic rings. The van der Waals surface area contributed by atoms with E-state index in [4.69, 9.17) is 13.9 Å². The summed E-state index contributed by atoms with van der Waals surface area (Å²) >= 11 is 0. The van der Waals surface area contributed by atoms with Gasteiger partial charge in [-0.05, 0) is 12.8 Å². The number of aromatic nitrogens is 1. The molecule has 1 saturated heterocycles. The Morgan fingerprint density at radius 2 is 2.31 bits per heavy atom. The van der Waals surface area contributed by atoms with Crippen LogP contribution in [-0.4, -0.2) is 30.8 Å². The quantitative estimate of drug-likeness (QED) is 0.827. The summed E-state index contributed by atoms with van der Waals surface area (Å²) in [5, 5.41) is 3.42. The van der Waals surface area contributed by atoms with Gasteiger partial charge in [0.1, 0.15) is 6.10 Å². The molecule has 1 aliphatic carbocycles. The van der Waals surface area contributed by atoms with Gasteiger partial charge in [-0.3, -0.25) is 0 Å². The summed E-state index contributed by atoms with van der Waals surface area (Å²) in [6.07, 6.45) is 3.94. The maximum Gasteiger partial charge on any atom is 0.181 e. The number of nitrogens with one attached hydrogen (secondary N) is 1. The zero-order chi connectivity index (χ0) is 10.8. The van der Waals surface area contributed by atoms with Crippen molar-refractivity contribution >= 4 is 0 Å². The van der Waals surface area contributed by atoms with Crippen LogP contribution in [0.4, 0.5) is 0 Å². The van der Waals surface area contributed by atoms with Gasteiger partial charge in [0, 0.05) is 12.6 Å². The summed E-state index contributed by atoms with van der Waals surface area (Å²) < 4.78 is 16.4. The lowest BCUT2D eigenvalue weighted by Gasteiger charge is -2.21. The first-order valence-corrected chi connectivity index (χ1v) is 5.78. The van der Waals surface area contributed by atoms with Crippen LogP contribution in [-0.2, 0) is 16.0 Å². The van der Waals surface area contributed by atoms with Crippen molar-refractivity contribution in [2.24, 2.45) is 0 Å². The third-order valence-corrected chi connectivity index (χ3v) is 2.92. The van der Waals surface area contributed by atoms with Crippen LogP contribution < -0.4 is 5.32 Å². The van der Waals surface area contributed by atoms with Crippen LogP contribution in [0.15, 0.2) is 10.8 Å². The van der Waals surface area contributed by atoms with Gasteiger partial charge in [0.05, 0.1) is 25.5 Å². The first-order chi connectivity index (χ1) is 7.93. The lowest BCUT2D eigenvalue weighted by Crippen LogP contribution is -2.24. The molecule has 1 unspecified atom stereocenters. The monoisotopic (exact) mass is 224 g/mol. The fourth-order valence-corrected chi connectivity index (χ4v) is 1.84. The van der Waals surface area contributed by atoms with Gasteiger partial charge >= 0.3 is 0 Å². The van der Waals surface area contributed by atoms with Crippen molar-refractivity contribution in [3.63, 3.8) is 0 Å². The number of oxazole rings is 1. The Morgan fingerprint density at radius 3 is 3.06 bits per heavy atom. The maximum absolute atomic E-state index is 5.60. The molecule has 0 amide bonds. The van der Waals surface area contributed by atoms with Crippen LogP contribution in [0, 0.1) is 0 Å². The Labute approximate surface area is 94.1 Å². The average Bonchev–Trinajstić information content (AvgIpc) is 3.05. The standard InChI is InChI=1S/C11H16N2O3/c1-2-8(1)12-5-9-11(16-7-13-9)10-6-14-3-4-15-10/h7-8,10,12H,1-6H2. The van der Waals surface area contributed by atoms with Crippen molar-refractivity contribution < 1.29 is 13.9 Å². The fourth-order valence-electron chi connectivity index (χ4n) is 1.84. The Balaban J connectivity index is 1.65. The van der Waals surface area contributed by atoms with Gasteiger partial charge < -0.3 is 19.2 Å². The van der Waals surface area contributed by atoms with Crippen molar-refractivity contribution in [1.29, 1.82) is 0 Å². The number of hydrogen-bond donors (Lipinski definition) is 1. The number of ether oxygens (including phenoxy) is 2. The zero-order valence-corrected chi connectivity index (χ0v) is 9.15. The second-order valence-electron chi connectivity index (χ2n) is 4.25. The molecule has 1 aromatic rings. The van der Waals surface area contributed by atoms with Crippen molar-refractivity contribution in [2.75, 3.05) is 19.8 Å². The average molecular weight is 224 g/mol. The lowest BCUT2D eigenvalue weighted by atomic mass is 10.2. The molecular weight excluding hydrogens is 208 g/mol. The van der Waals surface area contributed by atoms with Gasteiger partial charge in [0.2, 0.25) is 0 Å². The van der Waals surface area contributed by atoms with E-state index in [1.54, 1.807) is 0 Å². The normalized spacial score (nSPS) is 25.9.